The van der Waals surface area contributed by atoms with Gasteiger partial charge in [-0.3, -0.25) is 4.79 Å². The van der Waals surface area contributed by atoms with Crippen molar-refractivity contribution in [1.82, 2.24) is 14.9 Å². The molecule has 1 atom stereocenters. The van der Waals surface area contributed by atoms with Gasteiger partial charge >= 0.3 is 0 Å². The van der Waals surface area contributed by atoms with Crippen molar-refractivity contribution in [2.75, 3.05) is 26.2 Å². The number of hydrogen-bond donors (Lipinski definition) is 2. The Bertz CT molecular complexity index is 641. The van der Waals surface area contributed by atoms with Crippen molar-refractivity contribution in [1.29, 1.82) is 0 Å². The quantitative estimate of drug-likeness (QED) is 0.777. The number of amides is 1. The molecule has 1 fully saturated rings. The molecule has 2 rings (SSSR count). The van der Waals surface area contributed by atoms with Gasteiger partial charge in [-0.1, -0.05) is 6.08 Å². The molecule has 0 bridgehead atoms. The molecule has 1 amide bonds. The van der Waals surface area contributed by atoms with Gasteiger partial charge in [0, 0.05) is 37.8 Å². The minimum Gasteiger partial charge on any atom is -0.333 e. The van der Waals surface area contributed by atoms with Crippen LogP contribution in [0, 0.1) is 0 Å². The molecule has 22 heavy (non-hydrogen) atoms. The van der Waals surface area contributed by atoms with Gasteiger partial charge in [-0.25, -0.2) is 13.1 Å². The van der Waals surface area contributed by atoms with Crippen LogP contribution in [0.25, 0.3) is 0 Å². The van der Waals surface area contributed by atoms with Crippen LogP contribution in [0.4, 0.5) is 0 Å². The van der Waals surface area contributed by atoms with Crippen molar-refractivity contribution in [2.24, 2.45) is 0 Å². The summed E-state index contributed by atoms with van der Waals surface area (Å²) < 4.78 is 26.3. The zero-order valence-electron chi connectivity index (χ0n) is 12.6. The lowest BCUT2D eigenvalue weighted by molar-refractivity contribution is 0.0655. The van der Waals surface area contributed by atoms with Crippen LogP contribution in [0.1, 0.15) is 17.3 Å². The Kier molecular flexibility index (Phi) is 5.33. The van der Waals surface area contributed by atoms with E-state index in [0.717, 1.165) is 13.1 Å². The first-order chi connectivity index (χ1) is 10.5. The maximum atomic E-state index is 12.5. The molecule has 1 heterocycles. The van der Waals surface area contributed by atoms with Gasteiger partial charge in [-0.05, 0) is 31.2 Å². The Morgan fingerprint density at radius 3 is 2.73 bits per heavy atom. The summed E-state index contributed by atoms with van der Waals surface area (Å²) in [6.07, 6.45) is 1.47. The number of benzene rings is 1. The highest BCUT2D eigenvalue weighted by atomic mass is 32.2. The first-order valence-electron chi connectivity index (χ1n) is 7.18. The molecule has 1 aliphatic heterocycles. The van der Waals surface area contributed by atoms with E-state index in [9.17, 15) is 13.2 Å². The van der Waals surface area contributed by atoms with Crippen molar-refractivity contribution in [2.45, 2.75) is 17.9 Å². The minimum absolute atomic E-state index is 0.0722. The Morgan fingerprint density at radius 2 is 2.14 bits per heavy atom. The summed E-state index contributed by atoms with van der Waals surface area (Å²) in [6.45, 7) is 7.82. The highest BCUT2D eigenvalue weighted by Gasteiger charge is 2.24. The fourth-order valence-electron chi connectivity index (χ4n) is 2.34. The van der Waals surface area contributed by atoms with Crippen molar-refractivity contribution >= 4 is 15.9 Å². The topological polar surface area (TPSA) is 78.5 Å². The molecule has 0 aromatic heterocycles. The van der Waals surface area contributed by atoms with Gasteiger partial charge < -0.3 is 10.2 Å². The van der Waals surface area contributed by atoms with Gasteiger partial charge in [0.1, 0.15) is 0 Å². The molecule has 0 unspecified atom stereocenters. The predicted molar refractivity (Wildman–Crippen MR) is 85.2 cm³/mol. The minimum atomic E-state index is -3.56. The summed E-state index contributed by atoms with van der Waals surface area (Å²) in [7, 11) is -3.56. The molecule has 0 saturated carbocycles. The van der Waals surface area contributed by atoms with E-state index >= 15 is 0 Å². The number of piperazine rings is 1. The maximum absolute atomic E-state index is 12.5. The maximum Gasteiger partial charge on any atom is 0.254 e. The van der Waals surface area contributed by atoms with E-state index in [1.54, 1.807) is 17.0 Å². The average Bonchev–Trinajstić information content (AvgIpc) is 2.53. The van der Waals surface area contributed by atoms with Gasteiger partial charge in [0.25, 0.3) is 5.91 Å². The van der Waals surface area contributed by atoms with Crippen molar-refractivity contribution in [3.63, 3.8) is 0 Å². The zero-order chi connectivity index (χ0) is 16.2. The second-order valence-electron chi connectivity index (χ2n) is 5.22. The van der Waals surface area contributed by atoms with Crippen LogP contribution in [0.15, 0.2) is 41.8 Å². The third kappa shape index (κ3) is 3.73. The molecule has 0 aliphatic carbocycles. The third-order valence-corrected chi connectivity index (χ3v) is 5.03. The number of carbonyl (C=O) groups excluding carboxylic acids is 1. The molecule has 6 nitrogen and oxygen atoms in total. The van der Waals surface area contributed by atoms with Crippen LogP contribution in [-0.4, -0.2) is 51.4 Å². The molecule has 0 radical (unpaired) electrons. The monoisotopic (exact) mass is 323 g/mol. The van der Waals surface area contributed by atoms with Crippen LogP contribution < -0.4 is 10.0 Å². The van der Waals surface area contributed by atoms with Gasteiger partial charge in [0.15, 0.2) is 0 Å². The third-order valence-electron chi connectivity index (χ3n) is 3.59. The van der Waals surface area contributed by atoms with Gasteiger partial charge in [-0.15, -0.1) is 6.58 Å². The summed E-state index contributed by atoms with van der Waals surface area (Å²) >= 11 is 0. The average molecular weight is 323 g/mol. The predicted octanol–water partition coefficient (Wildman–Crippen LogP) is 0.585. The normalized spacial score (nSPS) is 19.0. The van der Waals surface area contributed by atoms with E-state index in [1.165, 1.54) is 18.2 Å². The summed E-state index contributed by atoms with van der Waals surface area (Å²) in [4.78, 5) is 14.4. The number of sulfonamides is 1. The molecular formula is C15H21N3O3S. The Labute approximate surface area is 131 Å². The SMILES string of the molecule is C=CCNS(=O)(=O)c1ccc(C(=O)N2CCNC[C@@H]2C)cc1. The largest absolute Gasteiger partial charge is 0.333 e. The lowest BCUT2D eigenvalue weighted by Crippen LogP contribution is -2.52. The second-order valence-corrected chi connectivity index (χ2v) is 6.98. The summed E-state index contributed by atoms with van der Waals surface area (Å²) in [5, 5.41) is 3.23. The van der Waals surface area contributed by atoms with E-state index in [4.69, 9.17) is 0 Å². The van der Waals surface area contributed by atoms with Crippen molar-refractivity contribution < 1.29 is 13.2 Å². The zero-order valence-corrected chi connectivity index (χ0v) is 13.4. The van der Waals surface area contributed by atoms with Crippen LogP contribution in [0.2, 0.25) is 0 Å². The lowest BCUT2D eigenvalue weighted by Gasteiger charge is -2.34. The van der Waals surface area contributed by atoms with Crippen LogP contribution in [0.3, 0.4) is 0 Å². The summed E-state index contributed by atoms with van der Waals surface area (Å²) in [5.74, 6) is -0.0722. The number of nitrogens with zero attached hydrogens (tertiary/aromatic N) is 1. The molecule has 2 N–H and O–H groups in total. The fraction of sp³-hybridized carbons (Fsp3) is 0.400. The Morgan fingerprint density at radius 1 is 1.45 bits per heavy atom. The van der Waals surface area contributed by atoms with E-state index in [-0.39, 0.29) is 23.4 Å². The molecule has 1 saturated heterocycles. The second kappa shape index (κ2) is 7.04. The van der Waals surface area contributed by atoms with Crippen LogP contribution >= 0.6 is 0 Å². The highest BCUT2D eigenvalue weighted by Crippen LogP contribution is 2.14. The first kappa shape index (κ1) is 16.7. The van der Waals surface area contributed by atoms with Crippen molar-refractivity contribution in [3.8, 4) is 0 Å². The van der Waals surface area contributed by atoms with Crippen LogP contribution in [0.5, 0.6) is 0 Å². The number of hydrogen-bond acceptors (Lipinski definition) is 4. The van der Waals surface area contributed by atoms with Gasteiger partial charge in [0.05, 0.1) is 4.90 Å². The van der Waals surface area contributed by atoms with Crippen LogP contribution in [-0.2, 0) is 10.0 Å². The van der Waals surface area contributed by atoms with Gasteiger partial charge in [-0.2, -0.15) is 0 Å². The number of rotatable bonds is 5. The van der Waals surface area contributed by atoms with E-state index in [2.05, 4.69) is 16.6 Å². The lowest BCUT2D eigenvalue weighted by atomic mass is 10.1. The molecular weight excluding hydrogens is 302 g/mol. The standard InChI is InChI=1S/C15H21N3O3S/c1-3-8-17-22(20,21)14-6-4-13(5-7-14)15(19)18-10-9-16-11-12(18)2/h3-7,12,16-17H,1,8-11H2,2H3/t12-/m0/s1. The molecule has 1 aromatic rings. The molecule has 0 spiro atoms. The van der Waals surface area contributed by atoms with E-state index in [1.807, 2.05) is 6.92 Å². The highest BCUT2D eigenvalue weighted by molar-refractivity contribution is 7.89. The molecule has 7 heteroatoms. The summed E-state index contributed by atoms with van der Waals surface area (Å²) in [6, 6.07) is 6.13. The smallest absolute Gasteiger partial charge is 0.254 e. The van der Waals surface area contributed by atoms with Gasteiger partial charge in [0.2, 0.25) is 10.0 Å². The Balaban J connectivity index is 2.14. The van der Waals surface area contributed by atoms with Crippen molar-refractivity contribution in [3.05, 3.63) is 42.5 Å². The Hall–Kier alpha value is -1.70. The fourth-order valence-corrected chi connectivity index (χ4v) is 3.34. The number of nitrogens with one attached hydrogen (secondary N) is 2. The van der Waals surface area contributed by atoms with E-state index in [0.29, 0.717) is 12.1 Å². The molecule has 1 aromatic carbocycles. The molecule has 120 valence electrons. The number of carbonyl (C=O) groups is 1. The van der Waals surface area contributed by atoms with E-state index < -0.39 is 10.0 Å². The first-order valence-corrected chi connectivity index (χ1v) is 8.66. The molecule has 1 aliphatic rings. The summed E-state index contributed by atoms with van der Waals surface area (Å²) in [5.41, 5.74) is 0.497.